The van der Waals surface area contributed by atoms with Gasteiger partial charge in [-0.05, 0) is 25.7 Å². The monoisotopic (exact) mass is 380 g/mol. The van der Waals surface area contributed by atoms with E-state index in [0.29, 0.717) is 0 Å². The highest BCUT2D eigenvalue weighted by Gasteiger charge is 2.30. The van der Waals surface area contributed by atoms with Gasteiger partial charge in [-0.3, -0.25) is 0 Å². The zero-order chi connectivity index (χ0) is 17.0. The zero-order valence-electron chi connectivity index (χ0n) is 13.9. The molecule has 0 amide bonds. The fourth-order valence-electron chi connectivity index (χ4n) is 3.03. The number of methoxy groups -OCH3 is 1. The minimum Gasteiger partial charge on any atom is -0.465 e. The van der Waals surface area contributed by atoms with Crippen LogP contribution in [0.25, 0.3) is 0 Å². The minimum atomic E-state index is -3.87. The molecule has 0 saturated heterocycles. The zero-order valence-corrected chi connectivity index (χ0v) is 15.5. The van der Waals surface area contributed by atoms with E-state index in [1.54, 1.807) is 0 Å². The molecule has 9 heteroatoms. The third-order valence-electron chi connectivity index (χ3n) is 4.34. The van der Waals surface area contributed by atoms with Crippen molar-refractivity contribution in [3.8, 4) is 0 Å². The van der Waals surface area contributed by atoms with Crippen molar-refractivity contribution in [2.45, 2.75) is 50.2 Å². The lowest BCUT2D eigenvalue weighted by Crippen LogP contribution is -2.45. The Morgan fingerprint density at radius 3 is 2.58 bits per heavy atom. The van der Waals surface area contributed by atoms with Gasteiger partial charge >= 0.3 is 5.97 Å². The molecule has 1 fully saturated rings. The van der Waals surface area contributed by atoms with Crippen molar-refractivity contribution in [3.63, 3.8) is 0 Å². The Balaban J connectivity index is 0.00000288. The SMILES string of the molecule is COC(=O)c1cc(S(=O)(=O)NC(CN)C2CCCCC2)oc1C.Cl. The molecule has 1 heterocycles. The lowest BCUT2D eigenvalue weighted by Gasteiger charge is -2.29. The van der Waals surface area contributed by atoms with Crippen LogP contribution in [0, 0.1) is 12.8 Å². The molecule has 1 saturated carbocycles. The number of carbonyl (C=O) groups is 1. The number of furan rings is 1. The maximum Gasteiger partial charge on any atom is 0.341 e. The number of carbonyl (C=O) groups excluding carboxylic acids is 1. The fourth-order valence-corrected chi connectivity index (χ4v) is 4.34. The summed E-state index contributed by atoms with van der Waals surface area (Å²) in [6.45, 7) is 1.75. The van der Waals surface area contributed by atoms with Crippen LogP contribution in [0.4, 0.5) is 0 Å². The summed E-state index contributed by atoms with van der Waals surface area (Å²) in [6.07, 6.45) is 5.30. The first kappa shape index (κ1) is 21.0. The van der Waals surface area contributed by atoms with Gasteiger partial charge in [0.2, 0.25) is 5.09 Å². The standard InChI is InChI=1S/C15H24N2O5S.ClH/c1-10-12(15(18)21-2)8-14(22-10)23(19,20)17-13(9-16)11-6-4-3-5-7-11;/h8,11,13,17H,3-7,9,16H2,1-2H3;1H. The van der Waals surface area contributed by atoms with Crippen LogP contribution in [0.2, 0.25) is 0 Å². The molecule has 1 atom stereocenters. The molecule has 138 valence electrons. The van der Waals surface area contributed by atoms with Gasteiger partial charge in [-0.1, -0.05) is 19.3 Å². The number of aryl methyl sites for hydroxylation is 1. The number of esters is 1. The van der Waals surface area contributed by atoms with Crippen LogP contribution in [0.15, 0.2) is 15.6 Å². The number of nitrogens with one attached hydrogen (secondary N) is 1. The minimum absolute atomic E-state index is 0. The second-order valence-electron chi connectivity index (χ2n) is 5.89. The molecule has 0 spiro atoms. The molecular formula is C15H25ClN2O5S. The molecular weight excluding hydrogens is 356 g/mol. The van der Waals surface area contributed by atoms with Crippen LogP contribution in [0.3, 0.4) is 0 Å². The Hall–Kier alpha value is -1.09. The van der Waals surface area contributed by atoms with Crippen LogP contribution in [-0.4, -0.2) is 34.1 Å². The highest BCUT2D eigenvalue weighted by Crippen LogP contribution is 2.27. The molecule has 1 aliphatic rings. The number of halogens is 1. The summed E-state index contributed by atoms with van der Waals surface area (Å²) in [4.78, 5) is 11.6. The maximum atomic E-state index is 12.5. The third kappa shape index (κ3) is 4.72. The predicted octanol–water partition coefficient (Wildman–Crippen LogP) is 1.98. The first-order chi connectivity index (χ1) is 10.9. The first-order valence-corrected chi connectivity index (χ1v) is 9.28. The largest absolute Gasteiger partial charge is 0.465 e. The van der Waals surface area contributed by atoms with Gasteiger partial charge in [0, 0.05) is 18.7 Å². The molecule has 3 N–H and O–H groups in total. The van der Waals surface area contributed by atoms with Crippen molar-refractivity contribution in [1.82, 2.24) is 4.72 Å². The summed E-state index contributed by atoms with van der Waals surface area (Å²) in [5, 5.41) is -0.287. The average Bonchev–Trinajstić information content (AvgIpc) is 2.95. The van der Waals surface area contributed by atoms with E-state index in [0.717, 1.165) is 25.7 Å². The van der Waals surface area contributed by atoms with E-state index in [9.17, 15) is 13.2 Å². The lowest BCUT2D eigenvalue weighted by molar-refractivity contribution is 0.0598. The third-order valence-corrected chi connectivity index (χ3v) is 5.69. The summed E-state index contributed by atoms with van der Waals surface area (Å²) in [5.41, 5.74) is 5.87. The molecule has 1 aromatic rings. The van der Waals surface area contributed by atoms with Crippen LogP contribution >= 0.6 is 12.4 Å². The van der Waals surface area contributed by atoms with Gasteiger partial charge < -0.3 is 14.9 Å². The molecule has 1 aromatic heterocycles. The number of nitrogens with two attached hydrogens (primary N) is 1. The van der Waals surface area contributed by atoms with E-state index in [1.807, 2.05) is 0 Å². The molecule has 0 aromatic carbocycles. The number of hydrogen-bond acceptors (Lipinski definition) is 6. The maximum absolute atomic E-state index is 12.5. The van der Waals surface area contributed by atoms with Crippen molar-refractivity contribution >= 4 is 28.4 Å². The number of rotatable bonds is 6. The van der Waals surface area contributed by atoms with Crippen molar-refractivity contribution in [2.24, 2.45) is 11.7 Å². The normalized spacial score (nSPS) is 17.1. The van der Waals surface area contributed by atoms with Crippen molar-refractivity contribution in [3.05, 3.63) is 17.4 Å². The van der Waals surface area contributed by atoms with Gasteiger partial charge in [0.05, 0.1) is 7.11 Å². The Labute approximate surface area is 148 Å². The molecule has 1 unspecified atom stereocenters. The van der Waals surface area contributed by atoms with Crippen molar-refractivity contribution < 1.29 is 22.4 Å². The molecule has 24 heavy (non-hydrogen) atoms. The van der Waals surface area contributed by atoms with E-state index in [1.165, 1.54) is 26.5 Å². The topological polar surface area (TPSA) is 112 Å². The Morgan fingerprint density at radius 2 is 2.04 bits per heavy atom. The van der Waals surface area contributed by atoms with E-state index in [-0.39, 0.29) is 47.3 Å². The highest BCUT2D eigenvalue weighted by atomic mass is 35.5. The van der Waals surface area contributed by atoms with Crippen LogP contribution in [0.1, 0.15) is 48.2 Å². The van der Waals surface area contributed by atoms with Gasteiger partial charge in [-0.25, -0.2) is 17.9 Å². The van der Waals surface area contributed by atoms with E-state index in [4.69, 9.17) is 10.2 Å². The van der Waals surface area contributed by atoms with E-state index < -0.39 is 16.0 Å². The first-order valence-electron chi connectivity index (χ1n) is 7.80. The molecule has 0 bridgehead atoms. The van der Waals surface area contributed by atoms with Gasteiger partial charge in [-0.2, -0.15) is 0 Å². The number of ether oxygens (including phenoxy) is 1. The summed E-state index contributed by atoms with van der Waals surface area (Å²) >= 11 is 0. The van der Waals surface area contributed by atoms with Gasteiger partial charge in [-0.15, -0.1) is 12.4 Å². The van der Waals surface area contributed by atoms with Crippen molar-refractivity contribution in [1.29, 1.82) is 0 Å². The number of sulfonamides is 1. The van der Waals surface area contributed by atoms with Crippen LogP contribution in [-0.2, 0) is 14.8 Å². The summed E-state index contributed by atoms with van der Waals surface area (Å²) in [5.74, 6) is -0.186. The van der Waals surface area contributed by atoms with E-state index >= 15 is 0 Å². The molecule has 0 aliphatic heterocycles. The van der Waals surface area contributed by atoms with Crippen molar-refractivity contribution in [2.75, 3.05) is 13.7 Å². The Bertz CT molecular complexity index is 653. The molecule has 1 aliphatic carbocycles. The van der Waals surface area contributed by atoms with Gasteiger partial charge in [0.15, 0.2) is 0 Å². The van der Waals surface area contributed by atoms with Crippen LogP contribution < -0.4 is 10.5 Å². The summed E-state index contributed by atoms with van der Waals surface area (Å²) < 4.78 is 37.5. The molecule has 7 nitrogen and oxygen atoms in total. The fraction of sp³-hybridized carbons (Fsp3) is 0.667. The number of hydrogen-bond donors (Lipinski definition) is 2. The molecule has 2 rings (SSSR count). The lowest BCUT2D eigenvalue weighted by atomic mass is 9.84. The van der Waals surface area contributed by atoms with Gasteiger partial charge in [0.1, 0.15) is 11.3 Å². The summed E-state index contributed by atoms with van der Waals surface area (Å²) in [7, 11) is -2.64. The quantitative estimate of drug-likeness (QED) is 0.730. The van der Waals surface area contributed by atoms with Crippen LogP contribution in [0.5, 0.6) is 0 Å². The average molecular weight is 381 g/mol. The molecule has 0 radical (unpaired) electrons. The highest BCUT2D eigenvalue weighted by molar-refractivity contribution is 7.89. The predicted molar refractivity (Wildman–Crippen MR) is 91.8 cm³/mol. The summed E-state index contributed by atoms with van der Waals surface area (Å²) in [6, 6.07) is 0.866. The Kier molecular flexibility index (Phi) is 7.72. The second-order valence-corrected chi connectivity index (χ2v) is 7.53. The van der Waals surface area contributed by atoms with E-state index in [2.05, 4.69) is 9.46 Å². The van der Waals surface area contributed by atoms with Gasteiger partial charge in [0.25, 0.3) is 10.0 Å². The Morgan fingerprint density at radius 1 is 1.42 bits per heavy atom. The second kappa shape index (κ2) is 8.84. The smallest absolute Gasteiger partial charge is 0.341 e.